The van der Waals surface area contributed by atoms with E-state index in [9.17, 15) is 9.90 Å². The maximum absolute atomic E-state index is 10.7. The summed E-state index contributed by atoms with van der Waals surface area (Å²) < 4.78 is 9.90. The lowest BCUT2D eigenvalue weighted by molar-refractivity contribution is 0.0686. The minimum absolute atomic E-state index is 0.0931. The second-order valence-electron chi connectivity index (χ2n) is 3.36. The summed E-state index contributed by atoms with van der Waals surface area (Å²) >= 11 is 5.74. The Labute approximate surface area is 106 Å². The van der Waals surface area contributed by atoms with E-state index in [0.29, 0.717) is 5.56 Å². The summed E-state index contributed by atoms with van der Waals surface area (Å²) in [7, 11) is 1.35. The summed E-state index contributed by atoms with van der Waals surface area (Å²) in [5.41, 5.74) is 0.126. The Balaban J connectivity index is 2.56. The Morgan fingerprint density at radius 1 is 1.50 bits per heavy atom. The normalized spacial score (nSPS) is 10.3. The maximum Gasteiger partial charge on any atom is 0.358 e. The van der Waals surface area contributed by atoms with Crippen molar-refractivity contribution < 1.29 is 24.3 Å². The monoisotopic (exact) mass is 269 g/mol. The number of hydrogen-bond acceptors (Lipinski definition) is 5. The number of nitrogens with zero attached hydrogens (tertiary/aromatic N) is 1. The van der Waals surface area contributed by atoms with E-state index in [0.717, 1.165) is 0 Å². The van der Waals surface area contributed by atoms with E-state index >= 15 is 0 Å². The van der Waals surface area contributed by atoms with Crippen LogP contribution in [0, 0.1) is 0 Å². The van der Waals surface area contributed by atoms with Gasteiger partial charge in [-0.25, -0.2) is 4.79 Å². The lowest BCUT2D eigenvalue weighted by atomic mass is 10.1. The fourth-order valence-electron chi connectivity index (χ4n) is 1.45. The summed E-state index contributed by atoms with van der Waals surface area (Å²) in [6, 6.07) is 4.21. The van der Waals surface area contributed by atoms with Gasteiger partial charge in [-0.3, -0.25) is 0 Å². The van der Waals surface area contributed by atoms with Crippen molar-refractivity contribution in [1.29, 1.82) is 0 Å². The molecule has 7 heteroatoms. The van der Waals surface area contributed by atoms with Gasteiger partial charge in [0.25, 0.3) is 0 Å². The van der Waals surface area contributed by atoms with Gasteiger partial charge in [-0.05, 0) is 12.1 Å². The van der Waals surface area contributed by atoms with Crippen molar-refractivity contribution in [1.82, 2.24) is 5.16 Å². The van der Waals surface area contributed by atoms with Crippen LogP contribution in [0.15, 0.2) is 22.7 Å². The molecule has 0 aliphatic rings. The van der Waals surface area contributed by atoms with Crippen molar-refractivity contribution in [3.63, 3.8) is 0 Å². The topological polar surface area (TPSA) is 92.8 Å². The van der Waals surface area contributed by atoms with Crippen LogP contribution in [-0.2, 0) is 0 Å². The lowest BCUT2D eigenvalue weighted by Crippen LogP contribution is -1.94. The number of aromatic hydroxyl groups is 1. The first-order valence-corrected chi connectivity index (χ1v) is 5.18. The van der Waals surface area contributed by atoms with Crippen LogP contribution >= 0.6 is 11.6 Å². The van der Waals surface area contributed by atoms with Crippen molar-refractivity contribution in [2.45, 2.75) is 0 Å². The van der Waals surface area contributed by atoms with E-state index in [1.54, 1.807) is 0 Å². The molecule has 1 heterocycles. The second kappa shape index (κ2) is 4.58. The fourth-order valence-corrected chi connectivity index (χ4v) is 1.60. The molecule has 0 atom stereocenters. The second-order valence-corrected chi connectivity index (χ2v) is 3.77. The first-order chi connectivity index (χ1) is 8.54. The highest BCUT2D eigenvalue weighted by Gasteiger charge is 2.19. The van der Waals surface area contributed by atoms with Crippen molar-refractivity contribution in [3.05, 3.63) is 28.9 Å². The number of carboxylic acids is 1. The predicted molar refractivity (Wildman–Crippen MR) is 62.1 cm³/mol. The summed E-state index contributed by atoms with van der Waals surface area (Å²) in [6.07, 6.45) is 0. The van der Waals surface area contributed by atoms with Gasteiger partial charge in [-0.2, -0.15) is 0 Å². The van der Waals surface area contributed by atoms with Crippen molar-refractivity contribution in [3.8, 4) is 22.8 Å². The Morgan fingerprint density at radius 3 is 2.78 bits per heavy atom. The molecular weight excluding hydrogens is 262 g/mol. The van der Waals surface area contributed by atoms with Gasteiger partial charge in [0.1, 0.15) is 0 Å². The molecule has 0 aliphatic heterocycles. The fraction of sp³-hybridized carbons (Fsp3) is 0.0909. The van der Waals surface area contributed by atoms with Gasteiger partial charge < -0.3 is 19.5 Å². The number of rotatable bonds is 3. The van der Waals surface area contributed by atoms with Crippen LogP contribution in [0.5, 0.6) is 11.5 Å². The van der Waals surface area contributed by atoms with E-state index < -0.39 is 5.97 Å². The van der Waals surface area contributed by atoms with E-state index in [1.807, 2.05) is 0 Å². The molecule has 1 aromatic heterocycles. The molecule has 0 amide bonds. The number of aromatic nitrogens is 1. The summed E-state index contributed by atoms with van der Waals surface area (Å²) in [5.74, 6) is -1.20. The molecule has 0 saturated carbocycles. The zero-order chi connectivity index (χ0) is 13.3. The van der Waals surface area contributed by atoms with Crippen LogP contribution in [0.25, 0.3) is 11.3 Å². The number of hydrogen-bond donors (Lipinski definition) is 2. The summed E-state index contributed by atoms with van der Waals surface area (Å²) in [6.45, 7) is 0. The van der Waals surface area contributed by atoms with Crippen molar-refractivity contribution in [2.24, 2.45) is 0 Å². The van der Waals surface area contributed by atoms with Crippen LogP contribution in [-0.4, -0.2) is 28.4 Å². The molecule has 6 nitrogen and oxygen atoms in total. The molecule has 2 rings (SSSR count). The number of phenols is 1. The van der Waals surface area contributed by atoms with Gasteiger partial charge >= 0.3 is 5.97 Å². The van der Waals surface area contributed by atoms with Gasteiger partial charge in [-0.15, -0.1) is 0 Å². The molecule has 0 unspecified atom stereocenters. The smallest absolute Gasteiger partial charge is 0.358 e. The van der Waals surface area contributed by atoms with Gasteiger partial charge in [-0.1, -0.05) is 16.8 Å². The van der Waals surface area contributed by atoms with E-state index in [2.05, 4.69) is 5.16 Å². The van der Waals surface area contributed by atoms with E-state index in [1.165, 1.54) is 25.3 Å². The molecule has 1 aromatic carbocycles. The van der Waals surface area contributed by atoms with Gasteiger partial charge in [0.05, 0.1) is 17.7 Å². The Bertz CT molecular complexity index is 607. The number of ether oxygens (including phenoxy) is 1. The first-order valence-electron chi connectivity index (χ1n) is 4.80. The average molecular weight is 270 g/mol. The molecule has 0 bridgehead atoms. The van der Waals surface area contributed by atoms with E-state index in [4.69, 9.17) is 26.0 Å². The quantitative estimate of drug-likeness (QED) is 0.889. The highest BCUT2D eigenvalue weighted by Crippen LogP contribution is 2.41. The lowest BCUT2D eigenvalue weighted by Gasteiger charge is -2.08. The van der Waals surface area contributed by atoms with Crippen molar-refractivity contribution in [2.75, 3.05) is 7.11 Å². The third-order valence-electron chi connectivity index (χ3n) is 2.28. The molecule has 0 saturated heterocycles. The van der Waals surface area contributed by atoms with Gasteiger partial charge in [0, 0.05) is 6.07 Å². The van der Waals surface area contributed by atoms with Crippen LogP contribution < -0.4 is 4.74 Å². The van der Waals surface area contributed by atoms with E-state index in [-0.39, 0.29) is 28.0 Å². The number of aromatic carboxylic acids is 1. The highest BCUT2D eigenvalue weighted by atomic mass is 35.5. The number of carbonyl (C=O) groups is 1. The summed E-state index contributed by atoms with van der Waals surface area (Å²) in [4.78, 5) is 10.7. The number of phenolic OH excluding ortho intramolecular Hbond substituents is 1. The third-order valence-corrected chi connectivity index (χ3v) is 2.59. The number of halogens is 1. The molecular formula is C11H8ClNO5. The molecule has 18 heavy (non-hydrogen) atoms. The van der Waals surface area contributed by atoms with Crippen LogP contribution in [0.3, 0.4) is 0 Å². The number of carboxylic acid groups (broad SMARTS) is 1. The number of methoxy groups -OCH3 is 1. The third kappa shape index (κ3) is 1.98. The SMILES string of the molecule is COc1c(-c2cc(C(=O)O)no2)ccc(Cl)c1O. The molecule has 0 aliphatic carbocycles. The molecule has 0 spiro atoms. The zero-order valence-corrected chi connectivity index (χ0v) is 9.93. The first kappa shape index (κ1) is 12.3. The molecule has 0 radical (unpaired) electrons. The molecule has 0 fully saturated rings. The predicted octanol–water partition coefficient (Wildman–Crippen LogP) is 2.41. The molecule has 94 valence electrons. The minimum Gasteiger partial charge on any atom is -0.503 e. The number of benzene rings is 1. The average Bonchev–Trinajstić information content (AvgIpc) is 2.82. The molecule has 2 aromatic rings. The zero-order valence-electron chi connectivity index (χ0n) is 9.18. The van der Waals surface area contributed by atoms with Crippen LogP contribution in [0.1, 0.15) is 10.5 Å². The van der Waals surface area contributed by atoms with Gasteiger partial charge in [0.2, 0.25) is 0 Å². The Hall–Kier alpha value is -2.21. The highest BCUT2D eigenvalue weighted by molar-refractivity contribution is 6.32. The van der Waals surface area contributed by atoms with Crippen LogP contribution in [0.4, 0.5) is 0 Å². The standard InChI is InChI=1S/C11H8ClNO5/c1-17-10-5(2-3-6(12)9(10)14)8-4-7(11(15)16)13-18-8/h2-4,14H,1H3,(H,15,16). The Morgan fingerprint density at radius 2 is 2.22 bits per heavy atom. The van der Waals surface area contributed by atoms with Gasteiger partial charge in [0.15, 0.2) is 23.0 Å². The van der Waals surface area contributed by atoms with Crippen LogP contribution in [0.2, 0.25) is 5.02 Å². The van der Waals surface area contributed by atoms with Crippen molar-refractivity contribution >= 4 is 17.6 Å². The largest absolute Gasteiger partial charge is 0.503 e. The molecule has 2 N–H and O–H groups in total. The summed E-state index contributed by atoms with van der Waals surface area (Å²) in [5, 5.41) is 22.0. The maximum atomic E-state index is 10.7. The minimum atomic E-state index is -1.21. The Kier molecular flexibility index (Phi) is 3.12.